The van der Waals surface area contributed by atoms with Crippen LogP contribution in [0.4, 0.5) is 0 Å². The molecule has 0 aromatic heterocycles. The van der Waals surface area contributed by atoms with Crippen LogP contribution >= 0.6 is 7.82 Å². The van der Waals surface area contributed by atoms with Crippen molar-refractivity contribution in [3.8, 4) is 0 Å². The Balaban J connectivity index is 4.60. The minimum Gasteiger partial charge on any atom is -0.462 e. The fourth-order valence-electron chi connectivity index (χ4n) is 5.30. The van der Waals surface area contributed by atoms with Gasteiger partial charge in [0.2, 0.25) is 0 Å². The van der Waals surface area contributed by atoms with Gasteiger partial charge in [0.05, 0.1) is 27.7 Å². The van der Waals surface area contributed by atoms with Gasteiger partial charge >= 0.3 is 19.8 Å². The minimum atomic E-state index is -4.42. The molecule has 0 aromatic carbocycles. The number of rotatable bonds is 38. The van der Waals surface area contributed by atoms with Crippen molar-refractivity contribution < 1.29 is 42.1 Å². The van der Waals surface area contributed by atoms with E-state index in [1.54, 1.807) is 6.08 Å². The molecule has 0 saturated carbocycles. The van der Waals surface area contributed by atoms with E-state index in [0.717, 1.165) is 51.4 Å². The molecular formula is C48H81NO8P+. The Morgan fingerprint density at radius 1 is 0.603 bits per heavy atom. The Morgan fingerprint density at radius 2 is 1.10 bits per heavy atom. The largest absolute Gasteiger partial charge is 0.472 e. The average Bonchev–Trinajstić information content (AvgIpc) is 3.17. The van der Waals surface area contributed by atoms with Crippen molar-refractivity contribution in [3.63, 3.8) is 0 Å². The standard InChI is InChI=1S/C48H80NO8P/c1-6-8-10-12-14-16-18-20-22-23-24-25-27-28-30-32-34-36-38-40-47(50)54-44-46(45-56-58(52,53)55-43-42-49(3,4)5)57-48(51)41-39-37-35-33-31-29-26-21-19-17-15-13-11-9-7-2/h8,10,14,16,20,22,24-25,28,30,34-37,39,41,46H,6-7,9,11-13,15,17-19,21,23,26-27,29,31-33,38,40,42-45H2,1-5H3/p+1/b10-8+,16-14+,22-20+,25-24+,30-28+,36-34+,37-35+,41-39+/t46-/m1/s1. The zero-order valence-corrected chi connectivity index (χ0v) is 37.9. The van der Waals surface area contributed by atoms with Gasteiger partial charge in [0.1, 0.15) is 19.8 Å². The van der Waals surface area contributed by atoms with Crippen molar-refractivity contribution in [2.75, 3.05) is 47.5 Å². The monoisotopic (exact) mass is 831 g/mol. The predicted molar refractivity (Wildman–Crippen MR) is 242 cm³/mol. The van der Waals surface area contributed by atoms with Gasteiger partial charge < -0.3 is 18.9 Å². The second-order valence-electron chi connectivity index (χ2n) is 15.4. The Bertz CT molecular complexity index is 1300. The molecule has 1 unspecified atom stereocenters. The summed E-state index contributed by atoms with van der Waals surface area (Å²) in [4.78, 5) is 35.2. The second-order valence-corrected chi connectivity index (χ2v) is 16.9. The van der Waals surface area contributed by atoms with Gasteiger partial charge in [-0.25, -0.2) is 9.36 Å². The number of phosphoric ester groups is 1. The van der Waals surface area contributed by atoms with Crippen LogP contribution < -0.4 is 0 Å². The number of ether oxygens (including phenoxy) is 2. The smallest absolute Gasteiger partial charge is 0.462 e. The Labute approximate surface area is 353 Å². The van der Waals surface area contributed by atoms with Crippen LogP contribution in [0.15, 0.2) is 97.2 Å². The number of quaternary nitrogens is 1. The molecule has 330 valence electrons. The SMILES string of the molecule is CC/C=C/C/C=C/C/C=C/C/C=C/C/C=C/C/C=C/CCC(=O)OC[C@H](COP(=O)(O)OCC[N+](C)(C)C)OC(=O)/C=C/C=C/CCCCCCCCCCCCC. The fourth-order valence-corrected chi connectivity index (χ4v) is 6.04. The second kappa shape index (κ2) is 39.4. The van der Waals surface area contributed by atoms with Crippen LogP contribution in [0.25, 0.3) is 0 Å². The number of allylic oxidation sites excluding steroid dienone is 15. The average molecular weight is 831 g/mol. The third-order valence-corrected chi connectivity index (χ3v) is 9.70. The van der Waals surface area contributed by atoms with Gasteiger partial charge in [0.15, 0.2) is 6.10 Å². The number of carbonyl (C=O) groups is 2. The molecular weight excluding hydrogens is 750 g/mol. The number of nitrogens with zero attached hydrogens (tertiary/aromatic N) is 1. The maximum Gasteiger partial charge on any atom is 0.472 e. The highest BCUT2D eigenvalue weighted by molar-refractivity contribution is 7.47. The number of likely N-dealkylation sites (N-methyl/N-ethyl adjacent to an activating group) is 1. The maximum absolute atomic E-state index is 12.6. The van der Waals surface area contributed by atoms with Crippen molar-refractivity contribution in [1.29, 1.82) is 0 Å². The van der Waals surface area contributed by atoms with E-state index >= 15 is 0 Å². The van der Waals surface area contributed by atoms with E-state index in [0.29, 0.717) is 17.4 Å². The Morgan fingerprint density at radius 3 is 1.62 bits per heavy atom. The lowest BCUT2D eigenvalue weighted by molar-refractivity contribution is -0.870. The minimum absolute atomic E-state index is 0.000415. The Hall–Kier alpha value is -3.07. The molecule has 0 aliphatic heterocycles. The zero-order valence-electron chi connectivity index (χ0n) is 37.0. The van der Waals surface area contributed by atoms with Crippen molar-refractivity contribution >= 4 is 19.8 Å². The van der Waals surface area contributed by atoms with Gasteiger partial charge in [0.25, 0.3) is 0 Å². The van der Waals surface area contributed by atoms with Gasteiger partial charge in [-0.2, -0.15) is 0 Å². The molecule has 0 amide bonds. The number of phosphoric acid groups is 1. The summed E-state index contributed by atoms with van der Waals surface area (Å²) >= 11 is 0. The van der Waals surface area contributed by atoms with E-state index in [1.165, 1.54) is 70.3 Å². The number of carbonyl (C=O) groups excluding carboxylic acids is 2. The molecule has 0 aromatic rings. The summed E-state index contributed by atoms with van der Waals surface area (Å²) in [5.74, 6) is -1.16. The van der Waals surface area contributed by atoms with Crippen LogP contribution in [0, 0.1) is 0 Å². The number of unbranched alkanes of at least 4 members (excludes halogenated alkanes) is 11. The molecule has 1 N–H and O–H groups in total. The molecule has 0 fully saturated rings. The molecule has 0 rings (SSSR count). The van der Waals surface area contributed by atoms with E-state index in [2.05, 4.69) is 74.6 Å². The number of hydrogen-bond donors (Lipinski definition) is 1. The van der Waals surface area contributed by atoms with Crippen LogP contribution in [-0.2, 0) is 32.7 Å². The van der Waals surface area contributed by atoms with Crippen molar-refractivity contribution in [3.05, 3.63) is 97.2 Å². The molecule has 0 bridgehead atoms. The highest BCUT2D eigenvalue weighted by atomic mass is 31.2. The quantitative estimate of drug-likeness (QED) is 0.0125. The lowest BCUT2D eigenvalue weighted by Gasteiger charge is -2.24. The molecule has 0 radical (unpaired) electrons. The van der Waals surface area contributed by atoms with E-state index in [9.17, 15) is 19.0 Å². The summed E-state index contributed by atoms with van der Waals surface area (Å²) in [6.45, 7) is 4.07. The molecule has 0 saturated heterocycles. The first-order chi connectivity index (χ1) is 28.0. The molecule has 2 atom stereocenters. The molecule has 0 heterocycles. The lowest BCUT2D eigenvalue weighted by Crippen LogP contribution is -2.37. The summed E-state index contributed by atoms with van der Waals surface area (Å²) in [7, 11) is 1.37. The van der Waals surface area contributed by atoms with Crippen molar-refractivity contribution in [1.82, 2.24) is 0 Å². The molecule has 0 aliphatic rings. The number of esters is 2. The van der Waals surface area contributed by atoms with Crippen LogP contribution in [0.1, 0.15) is 142 Å². The normalized spacial score (nSPS) is 14.5. The van der Waals surface area contributed by atoms with Crippen molar-refractivity contribution in [2.24, 2.45) is 0 Å². The molecule has 0 spiro atoms. The lowest BCUT2D eigenvalue weighted by atomic mass is 10.1. The van der Waals surface area contributed by atoms with Crippen LogP contribution in [-0.4, -0.2) is 74.9 Å². The highest BCUT2D eigenvalue weighted by Gasteiger charge is 2.26. The van der Waals surface area contributed by atoms with Gasteiger partial charge in [-0.15, -0.1) is 0 Å². The summed E-state index contributed by atoms with van der Waals surface area (Å²) in [5.41, 5.74) is 0. The molecule has 0 aliphatic carbocycles. The first-order valence-electron chi connectivity index (χ1n) is 22.0. The fraction of sp³-hybridized carbons (Fsp3) is 0.625. The van der Waals surface area contributed by atoms with Gasteiger partial charge in [0, 0.05) is 12.5 Å². The van der Waals surface area contributed by atoms with E-state index in [-0.39, 0.29) is 19.6 Å². The molecule has 10 heteroatoms. The highest BCUT2D eigenvalue weighted by Crippen LogP contribution is 2.43. The summed E-state index contributed by atoms with van der Waals surface area (Å²) in [6, 6.07) is 0. The molecule has 9 nitrogen and oxygen atoms in total. The third-order valence-electron chi connectivity index (χ3n) is 8.72. The van der Waals surface area contributed by atoms with Crippen LogP contribution in [0.2, 0.25) is 0 Å². The first-order valence-corrected chi connectivity index (χ1v) is 23.5. The maximum atomic E-state index is 12.6. The first kappa shape index (κ1) is 54.9. The summed E-state index contributed by atoms with van der Waals surface area (Å²) in [6.07, 6.45) is 52.5. The predicted octanol–water partition coefficient (Wildman–Crippen LogP) is 12.6. The third kappa shape index (κ3) is 42.5. The molecule has 58 heavy (non-hydrogen) atoms. The van der Waals surface area contributed by atoms with E-state index in [1.807, 2.05) is 45.4 Å². The van der Waals surface area contributed by atoms with E-state index < -0.39 is 32.5 Å². The van der Waals surface area contributed by atoms with Crippen LogP contribution in [0.3, 0.4) is 0 Å². The topological polar surface area (TPSA) is 108 Å². The van der Waals surface area contributed by atoms with Gasteiger partial charge in [-0.1, -0.05) is 169 Å². The summed E-state index contributed by atoms with van der Waals surface area (Å²) < 4.78 is 34.0. The van der Waals surface area contributed by atoms with E-state index in [4.69, 9.17) is 18.5 Å². The van der Waals surface area contributed by atoms with Gasteiger partial charge in [-0.05, 0) is 57.8 Å². The number of hydrogen-bond acceptors (Lipinski definition) is 7. The van der Waals surface area contributed by atoms with Crippen molar-refractivity contribution in [2.45, 2.75) is 148 Å². The Kier molecular flexibility index (Phi) is 37.3. The zero-order chi connectivity index (χ0) is 42.8. The van der Waals surface area contributed by atoms with Gasteiger partial charge in [-0.3, -0.25) is 13.8 Å². The summed E-state index contributed by atoms with van der Waals surface area (Å²) in [5, 5.41) is 0. The van der Waals surface area contributed by atoms with Crippen LogP contribution in [0.5, 0.6) is 0 Å².